The number of aryl methyl sites for hydroxylation is 1. The molecule has 30 heavy (non-hydrogen) atoms. The average molecular weight is 421 g/mol. The highest BCUT2D eigenvalue weighted by Crippen LogP contribution is 2.31. The van der Waals surface area contributed by atoms with Gasteiger partial charge in [-0.15, -0.1) is 0 Å². The van der Waals surface area contributed by atoms with Gasteiger partial charge in [0.2, 0.25) is 0 Å². The van der Waals surface area contributed by atoms with Crippen molar-refractivity contribution >= 4 is 17.3 Å². The molecule has 2 aromatic carbocycles. The zero-order valence-electron chi connectivity index (χ0n) is 17.2. The number of carbonyl (C=O) groups is 1. The molecular formula is C22H26F3N3O2. The van der Waals surface area contributed by atoms with Crippen LogP contribution in [0.2, 0.25) is 0 Å². The average Bonchev–Trinajstić information content (AvgIpc) is 2.68. The van der Waals surface area contributed by atoms with E-state index in [0.29, 0.717) is 13.0 Å². The Hall–Kier alpha value is -2.58. The topological polar surface area (TPSA) is 64.6 Å². The third-order valence-electron chi connectivity index (χ3n) is 5.12. The van der Waals surface area contributed by atoms with Crippen molar-refractivity contribution < 1.29 is 23.1 Å². The van der Waals surface area contributed by atoms with E-state index in [1.165, 1.54) is 17.0 Å². The Kier molecular flexibility index (Phi) is 6.38. The number of benzene rings is 2. The van der Waals surface area contributed by atoms with Gasteiger partial charge in [-0.1, -0.05) is 26.8 Å². The molecule has 0 radical (unpaired) electrons. The molecule has 2 aromatic rings. The van der Waals surface area contributed by atoms with Gasteiger partial charge in [-0.05, 0) is 36.2 Å². The second-order valence-electron chi connectivity index (χ2n) is 8.00. The highest BCUT2D eigenvalue weighted by Gasteiger charge is 2.44. The first-order valence-corrected chi connectivity index (χ1v) is 9.92. The number of aliphatic hydroxyl groups is 1. The summed E-state index contributed by atoms with van der Waals surface area (Å²) in [7, 11) is 0. The van der Waals surface area contributed by atoms with Crippen LogP contribution >= 0.6 is 0 Å². The summed E-state index contributed by atoms with van der Waals surface area (Å²) in [5.74, 6) is -3.62. The Bertz CT molecular complexity index is 943. The fourth-order valence-electron chi connectivity index (χ4n) is 3.35. The molecule has 1 fully saturated rings. The summed E-state index contributed by atoms with van der Waals surface area (Å²) in [4.78, 5) is 14.2. The summed E-state index contributed by atoms with van der Waals surface area (Å²) >= 11 is 0. The van der Waals surface area contributed by atoms with E-state index in [0.717, 1.165) is 17.7 Å². The Morgan fingerprint density at radius 2 is 1.87 bits per heavy atom. The van der Waals surface area contributed by atoms with Gasteiger partial charge in [-0.25, -0.2) is 13.2 Å². The lowest BCUT2D eigenvalue weighted by atomic mass is 9.92. The highest BCUT2D eigenvalue weighted by atomic mass is 19.2. The first-order valence-electron chi connectivity index (χ1n) is 9.92. The minimum Gasteiger partial charge on any atom is -0.385 e. The molecule has 0 aliphatic carbocycles. The van der Waals surface area contributed by atoms with Gasteiger partial charge in [0, 0.05) is 12.6 Å². The van der Waals surface area contributed by atoms with Crippen molar-refractivity contribution in [2.45, 2.75) is 38.8 Å². The van der Waals surface area contributed by atoms with Crippen molar-refractivity contribution in [3.8, 4) is 0 Å². The van der Waals surface area contributed by atoms with Crippen molar-refractivity contribution in [2.24, 2.45) is 0 Å². The fraction of sp³-hybridized carbons (Fsp3) is 0.409. The number of nitrogens with one attached hydrogen (secondary N) is 2. The van der Waals surface area contributed by atoms with Crippen LogP contribution in [-0.4, -0.2) is 47.2 Å². The number of nitrogens with zero attached hydrogens (tertiary/aromatic N) is 1. The van der Waals surface area contributed by atoms with Crippen LogP contribution in [0.3, 0.4) is 0 Å². The molecule has 1 amide bonds. The number of β-amino-alcohol motifs (C(OH)–C–C–N with tert-alkyl or cyclic N) is 1. The number of rotatable bonds is 7. The molecule has 0 aromatic heterocycles. The normalized spacial score (nSPS) is 15.3. The molecule has 1 aliphatic rings. The Labute approximate surface area is 173 Å². The number of likely N-dealkylation sites (tertiary alicyclic amines) is 1. The van der Waals surface area contributed by atoms with Gasteiger partial charge in [0.05, 0.1) is 30.0 Å². The largest absolute Gasteiger partial charge is 0.385 e. The Balaban J connectivity index is 1.83. The third-order valence-corrected chi connectivity index (χ3v) is 5.12. The van der Waals surface area contributed by atoms with Crippen LogP contribution in [0, 0.1) is 17.5 Å². The lowest BCUT2D eigenvalue weighted by molar-refractivity contribution is -0.0793. The van der Waals surface area contributed by atoms with E-state index < -0.39 is 34.6 Å². The predicted octanol–water partition coefficient (Wildman–Crippen LogP) is 3.59. The van der Waals surface area contributed by atoms with Crippen LogP contribution in [0.15, 0.2) is 30.3 Å². The van der Waals surface area contributed by atoms with E-state index in [1.807, 2.05) is 20.8 Å². The molecule has 8 heteroatoms. The molecule has 1 heterocycles. The van der Waals surface area contributed by atoms with Gasteiger partial charge < -0.3 is 20.6 Å². The molecule has 0 spiro atoms. The maximum atomic E-state index is 14.5. The SMILES string of the molecule is CCc1ccc(Nc2c(C(=O)N3CC(O)(CNC(C)C)C3)ccc(F)c2F)c(F)c1. The summed E-state index contributed by atoms with van der Waals surface area (Å²) < 4.78 is 42.8. The summed E-state index contributed by atoms with van der Waals surface area (Å²) in [5, 5.41) is 16.1. The molecule has 3 N–H and O–H groups in total. The molecule has 0 bridgehead atoms. The lowest BCUT2D eigenvalue weighted by Crippen LogP contribution is -2.67. The van der Waals surface area contributed by atoms with E-state index in [1.54, 1.807) is 6.07 Å². The van der Waals surface area contributed by atoms with Crippen molar-refractivity contribution in [1.29, 1.82) is 0 Å². The van der Waals surface area contributed by atoms with Crippen LogP contribution < -0.4 is 10.6 Å². The minimum absolute atomic E-state index is 0.0591. The monoisotopic (exact) mass is 421 g/mol. The summed E-state index contributed by atoms with van der Waals surface area (Å²) in [6.45, 7) is 6.18. The molecule has 5 nitrogen and oxygen atoms in total. The fourth-order valence-corrected chi connectivity index (χ4v) is 3.35. The zero-order valence-corrected chi connectivity index (χ0v) is 17.2. The van der Waals surface area contributed by atoms with Crippen molar-refractivity contribution in [3.63, 3.8) is 0 Å². The van der Waals surface area contributed by atoms with Crippen molar-refractivity contribution in [2.75, 3.05) is 25.0 Å². The maximum absolute atomic E-state index is 14.5. The number of hydrogen-bond donors (Lipinski definition) is 3. The quantitative estimate of drug-likeness (QED) is 0.639. The molecule has 0 saturated carbocycles. The highest BCUT2D eigenvalue weighted by molar-refractivity contribution is 6.01. The van der Waals surface area contributed by atoms with E-state index in [-0.39, 0.29) is 30.4 Å². The zero-order chi connectivity index (χ0) is 22.1. The summed E-state index contributed by atoms with van der Waals surface area (Å²) in [6, 6.07) is 6.59. The molecule has 162 valence electrons. The second kappa shape index (κ2) is 8.65. The van der Waals surface area contributed by atoms with E-state index in [4.69, 9.17) is 0 Å². The molecular weight excluding hydrogens is 395 g/mol. The smallest absolute Gasteiger partial charge is 0.256 e. The van der Waals surface area contributed by atoms with Crippen LogP contribution in [0.4, 0.5) is 24.5 Å². The third kappa shape index (κ3) is 4.60. The number of amides is 1. The minimum atomic E-state index is -1.27. The van der Waals surface area contributed by atoms with Gasteiger partial charge in [0.1, 0.15) is 11.4 Å². The standard InChI is InChI=1S/C22H26F3N3O2/c1-4-14-5-8-18(17(24)9-14)27-20-15(6-7-16(23)19(20)25)21(29)28-11-22(30,12-28)10-26-13(2)3/h5-9,13,26-27,30H,4,10-12H2,1-3H3. The van der Waals surface area contributed by atoms with Crippen LogP contribution in [0.5, 0.6) is 0 Å². The number of halogens is 3. The molecule has 1 aliphatic heterocycles. The number of anilines is 2. The second-order valence-corrected chi connectivity index (χ2v) is 8.00. The summed E-state index contributed by atoms with van der Waals surface area (Å²) in [6.07, 6.45) is 0.624. The van der Waals surface area contributed by atoms with Gasteiger partial charge in [-0.2, -0.15) is 0 Å². The van der Waals surface area contributed by atoms with Crippen LogP contribution in [0.25, 0.3) is 0 Å². The first-order chi connectivity index (χ1) is 14.1. The first kappa shape index (κ1) is 22.1. The lowest BCUT2D eigenvalue weighted by Gasteiger charge is -2.47. The number of carbonyl (C=O) groups excluding carboxylic acids is 1. The molecule has 0 unspecified atom stereocenters. The van der Waals surface area contributed by atoms with Crippen molar-refractivity contribution in [3.05, 3.63) is 58.9 Å². The van der Waals surface area contributed by atoms with Crippen molar-refractivity contribution in [1.82, 2.24) is 10.2 Å². The van der Waals surface area contributed by atoms with Gasteiger partial charge >= 0.3 is 0 Å². The van der Waals surface area contributed by atoms with Crippen LogP contribution in [-0.2, 0) is 6.42 Å². The molecule has 0 atom stereocenters. The summed E-state index contributed by atoms with van der Waals surface area (Å²) in [5.41, 5.74) is -0.949. The van der Waals surface area contributed by atoms with Crippen LogP contribution in [0.1, 0.15) is 36.7 Å². The predicted molar refractivity (Wildman–Crippen MR) is 109 cm³/mol. The maximum Gasteiger partial charge on any atom is 0.256 e. The van der Waals surface area contributed by atoms with E-state index >= 15 is 0 Å². The van der Waals surface area contributed by atoms with Gasteiger partial charge in [0.25, 0.3) is 5.91 Å². The van der Waals surface area contributed by atoms with E-state index in [2.05, 4.69) is 10.6 Å². The van der Waals surface area contributed by atoms with E-state index in [9.17, 15) is 23.1 Å². The van der Waals surface area contributed by atoms with Gasteiger partial charge in [-0.3, -0.25) is 4.79 Å². The number of hydrogen-bond acceptors (Lipinski definition) is 4. The Morgan fingerprint density at radius 1 is 1.17 bits per heavy atom. The molecule has 3 rings (SSSR count). The van der Waals surface area contributed by atoms with Gasteiger partial charge in [0.15, 0.2) is 11.6 Å². The Morgan fingerprint density at radius 3 is 2.47 bits per heavy atom. The molecule has 1 saturated heterocycles.